The Kier molecular flexibility index (Phi) is 3.68. The summed E-state index contributed by atoms with van der Waals surface area (Å²) in [5, 5.41) is 13.5. The van der Waals surface area contributed by atoms with Gasteiger partial charge in [-0.1, -0.05) is 13.0 Å². The lowest BCUT2D eigenvalue weighted by Gasteiger charge is -2.21. The Bertz CT molecular complexity index is 543. The van der Waals surface area contributed by atoms with E-state index in [9.17, 15) is 5.11 Å². The van der Waals surface area contributed by atoms with Crippen LogP contribution in [0.5, 0.6) is 0 Å². The van der Waals surface area contributed by atoms with Crippen LogP contribution in [0.1, 0.15) is 30.8 Å². The molecule has 2 aromatic rings. The minimum absolute atomic E-state index is 0.0762. The first kappa shape index (κ1) is 13.1. The Balaban J connectivity index is 2.41. The number of hydrogen-bond donors (Lipinski definition) is 2. The minimum Gasteiger partial charge on any atom is -0.387 e. The van der Waals surface area contributed by atoms with E-state index in [1.165, 1.54) is 0 Å². The SMILES string of the molecule is CCC(NC)C(O)c1ccc2c(c1)nc(C)n2C. The molecule has 0 spiro atoms. The molecule has 2 N–H and O–H groups in total. The summed E-state index contributed by atoms with van der Waals surface area (Å²) in [6.07, 6.45) is 0.392. The van der Waals surface area contributed by atoms with Crippen LogP contribution in [0.25, 0.3) is 11.0 Å². The van der Waals surface area contributed by atoms with Crippen molar-refractivity contribution in [3.8, 4) is 0 Å². The maximum Gasteiger partial charge on any atom is 0.106 e. The summed E-state index contributed by atoms with van der Waals surface area (Å²) >= 11 is 0. The summed E-state index contributed by atoms with van der Waals surface area (Å²) in [5.41, 5.74) is 2.96. The van der Waals surface area contributed by atoms with Crippen molar-refractivity contribution in [3.63, 3.8) is 0 Å². The van der Waals surface area contributed by atoms with E-state index in [4.69, 9.17) is 0 Å². The average Bonchev–Trinajstić information content (AvgIpc) is 2.66. The molecule has 2 atom stereocenters. The first-order valence-corrected chi connectivity index (χ1v) is 6.36. The molecule has 0 amide bonds. The lowest BCUT2D eigenvalue weighted by molar-refractivity contribution is 0.130. The van der Waals surface area contributed by atoms with Crippen LogP contribution in [0.2, 0.25) is 0 Å². The lowest BCUT2D eigenvalue weighted by Crippen LogP contribution is -2.31. The summed E-state index contributed by atoms with van der Waals surface area (Å²) in [6.45, 7) is 4.05. The second-order valence-electron chi connectivity index (χ2n) is 4.71. The zero-order valence-corrected chi connectivity index (χ0v) is 11.4. The van der Waals surface area contributed by atoms with Crippen LogP contribution in [0, 0.1) is 6.92 Å². The van der Waals surface area contributed by atoms with E-state index >= 15 is 0 Å². The zero-order valence-electron chi connectivity index (χ0n) is 11.4. The molecule has 0 fully saturated rings. The van der Waals surface area contributed by atoms with Gasteiger partial charge < -0.3 is 15.0 Å². The Morgan fingerprint density at radius 3 is 2.78 bits per heavy atom. The number of aliphatic hydroxyl groups is 1. The van der Waals surface area contributed by atoms with Crippen molar-refractivity contribution in [1.29, 1.82) is 0 Å². The molecule has 0 saturated carbocycles. The highest BCUT2D eigenvalue weighted by Crippen LogP contribution is 2.23. The number of hydrogen-bond acceptors (Lipinski definition) is 3. The third-order valence-corrected chi connectivity index (χ3v) is 3.66. The van der Waals surface area contributed by atoms with Gasteiger partial charge in [0.15, 0.2) is 0 Å². The summed E-state index contributed by atoms with van der Waals surface area (Å²) in [4.78, 5) is 4.50. The van der Waals surface area contributed by atoms with Crippen molar-refractivity contribution < 1.29 is 5.11 Å². The highest BCUT2D eigenvalue weighted by molar-refractivity contribution is 5.76. The van der Waals surface area contributed by atoms with Crippen LogP contribution >= 0.6 is 0 Å². The molecule has 1 aromatic carbocycles. The molecular weight excluding hydrogens is 226 g/mol. The molecule has 0 radical (unpaired) electrons. The number of benzene rings is 1. The van der Waals surface area contributed by atoms with Crippen LogP contribution in [0.3, 0.4) is 0 Å². The van der Waals surface area contributed by atoms with Crippen molar-refractivity contribution in [3.05, 3.63) is 29.6 Å². The van der Waals surface area contributed by atoms with E-state index in [0.717, 1.165) is 28.8 Å². The Labute approximate surface area is 108 Å². The number of nitrogens with zero attached hydrogens (tertiary/aromatic N) is 2. The molecule has 98 valence electrons. The van der Waals surface area contributed by atoms with Crippen molar-refractivity contribution in [2.45, 2.75) is 32.4 Å². The maximum absolute atomic E-state index is 10.3. The van der Waals surface area contributed by atoms with E-state index in [1.807, 2.05) is 39.2 Å². The molecule has 18 heavy (non-hydrogen) atoms. The largest absolute Gasteiger partial charge is 0.387 e. The maximum atomic E-state index is 10.3. The van der Waals surface area contributed by atoms with E-state index in [1.54, 1.807) is 0 Å². The molecule has 0 aliphatic carbocycles. The molecule has 2 unspecified atom stereocenters. The quantitative estimate of drug-likeness (QED) is 0.867. The molecule has 2 rings (SSSR count). The van der Waals surface area contributed by atoms with Crippen molar-refractivity contribution in [2.75, 3.05) is 7.05 Å². The highest BCUT2D eigenvalue weighted by atomic mass is 16.3. The molecule has 4 nitrogen and oxygen atoms in total. The van der Waals surface area contributed by atoms with Gasteiger partial charge in [0.25, 0.3) is 0 Å². The summed E-state index contributed by atoms with van der Waals surface area (Å²) in [5.74, 6) is 0.984. The molecule has 0 bridgehead atoms. The standard InChI is InChI=1S/C14H21N3O/c1-5-11(15-3)14(18)10-6-7-13-12(8-10)16-9(2)17(13)4/h6-8,11,14-15,18H,5H2,1-4H3. The number of aliphatic hydroxyl groups excluding tert-OH is 1. The van der Waals surface area contributed by atoms with Gasteiger partial charge in [0.1, 0.15) is 5.82 Å². The second-order valence-corrected chi connectivity index (χ2v) is 4.71. The Hall–Kier alpha value is -1.39. The zero-order chi connectivity index (χ0) is 13.3. The van der Waals surface area contributed by atoms with E-state index < -0.39 is 6.10 Å². The summed E-state index contributed by atoms with van der Waals surface area (Å²) < 4.78 is 2.06. The molecule has 0 aliphatic heterocycles. The average molecular weight is 247 g/mol. The monoisotopic (exact) mass is 247 g/mol. The number of aryl methyl sites for hydroxylation is 2. The van der Waals surface area contributed by atoms with Gasteiger partial charge in [-0.2, -0.15) is 0 Å². The van der Waals surface area contributed by atoms with Crippen molar-refractivity contribution >= 4 is 11.0 Å². The fraction of sp³-hybridized carbons (Fsp3) is 0.500. The van der Waals surface area contributed by atoms with Gasteiger partial charge in [0, 0.05) is 13.1 Å². The number of imidazole rings is 1. The smallest absolute Gasteiger partial charge is 0.106 e. The van der Waals surface area contributed by atoms with Gasteiger partial charge in [0.2, 0.25) is 0 Å². The fourth-order valence-corrected chi connectivity index (χ4v) is 2.34. The third-order valence-electron chi connectivity index (χ3n) is 3.66. The van der Waals surface area contributed by atoms with E-state index in [2.05, 4.69) is 21.8 Å². The van der Waals surface area contributed by atoms with E-state index in [0.29, 0.717) is 0 Å². The molecule has 1 aromatic heterocycles. The van der Waals surface area contributed by atoms with Gasteiger partial charge >= 0.3 is 0 Å². The Morgan fingerprint density at radius 2 is 2.17 bits per heavy atom. The molecule has 4 heteroatoms. The minimum atomic E-state index is -0.494. The molecule has 0 saturated heterocycles. The number of rotatable bonds is 4. The normalized spacial score (nSPS) is 14.9. The number of nitrogens with one attached hydrogen (secondary N) is 1. The first-order chi connectivity index (χ1) is 8.58. The summed E-state index contributed by atoms with van der Waals surface area (Å²) in [6, 6.07) is 6.06. The molecule has 1 heterocycles. The molecular formula is C14H21N3O. The lowest BCUT2D eigenvalue weighted by atomic mass is 10.00. The van der Waals surface area contributed by atoms with Gasteiger partial charge in [-0.25, -0.2) is 4.98 Å². The van der Waals surface area contributed by atoms with Crippen molar-refractivity contribution in [1.82, 2.24) is 14.9 Å². The number of aromatic nitrogens is 2. The Morgan fingerprint density at radius 1 is 1.44 bits per heavy atom. The van der Waals surface area contributed by atoms with Crippen LogP contribution in [0.4, 0.5) is 0 Å². The summed E-state index contributed by atoms with van der Waals surface area (Å²) in [7, 11) is 3.88. The fourth-order valence-electron chi connectivity index (χ4n) is 2.34. The van der Waals surface area contributed by atoms with Crippen molar-refractivity contribution in [2.24, 2.45) is 7.05 Å². The van der Waals surface area contributed by atoms with Gasteiger partial charge in [-0.3, -0.25) is 0 Å². The second kappa shape index (κ2) is 5.08. The third kappa shape index (κ3) is 2.13. The predicted molar refractivity (Wildman–Crippen MR) is 73.5 cm³/mol. The highest BCUT2D eigenvalue weighted by Gasteiger charge is 2.18. The molecule has 0 aliphatic rings. The van der Waals surface area contributed by atoms with Gasteiger partial charge in [-0.15, -0.1) is 0 Å². The predicted octanol–water partition coefficient (Wildman–Crippen LogP) is 1.91. The van der Waals surface area contributed by atoms with E-state index in [-0.39, 0.29) is 6.04 Å². The van der Waals surface area contributed by atoms with Crippen LogP contribution < -0.4 is 5.32 Å². The number of fused-ring (bicyclic) bond motifs is 1. The first-order valence-electron chi connectivity index (χ1n) is 6.36. The van der Waals surface area contributed by atoms with Crippen LogP contribution in [0.15, 0.2) is 18.2 Å². The van der Waals surface area contributed by atoms with Crippen LogP contribution in [-0.2, 0) is 7.05 Å². The van der Waals surface area contributed by atoms with Crippen LogP contribution in [-0.4, -0.2) is 27.7 Å². The van der Waals surface area contributed by atoms with Gasteiger partial charge in [-0.05, 0) is 38.1 Å². The van der Waals surface area contributed by atoms with Gasteiger partial charge in [0.05, 0.1) is 17.1 Å². The topological polar surface area (TPSA) is 50.1 Å². The number of likely N-dealkylation sites (N-methyl/N-ethyl adjacent to an activating group) is 1.